The number of ether oxygens (including phenoxy) is 1. The first kappa shape index (κ1) is 14.8. The predicted octanol–water partition coefficient (Wildman–Crippen LogP) is 4.81. The summed E-state index contributed by atoms with van der Waals surface area (Å²) in [6, 6.07) is 15.4. The van der Waals surface area contributed by atoms with Gasteiger partial charge in [-0.3, -0.25) is 4.79 Å². The highest BCUT2D eigenvalue weighted by Gasteiger charge is 1.97. The van der Waals surface area contributed by atoms with Crippen molar-refractivity contribution in [3.8, 4) is 5.75 Å². The van der Waals surface area contributed by atoms with Crippen LogP contribution in [0.3, 0.4) is 0 Å². The summed E-state index contributed by atoms with van der Waals surface area (Å²) in [6.07, 6.45) is 2.98. The van der Waals surface area contributed by atoms with Crippen LogP contribution in [0, 0.1) is 0 Å². The monoisotopic (exact) mass is 350 g/mol. The second-order valence-electron chi connectivity index (χ2n) is 4.13. The fourth-order valence-corrected chi connectivity index (χ4v) is 2.14. The molecule has 4 heteroatoms. The van der Waals surface area contributed by atoms with Gasteiger partial charge in [0.05, 0.1) is 0 Å². The summed E-state index contributed by atoms with van der Waals surface area (Å²) in [7, 11) is 0. The van der Waals surface area contributed by atoms with E-state index in [1.807, 2.05) is 48.5 Å². The lowest BCUT2D eigenvalue weighted by Gasteiger charge is -2.06. The van der Waals surface area contributed by atoms with Crippen LogP contribution >= 0.6 is 27.5 Å². The van der Waals surface area contributed by atoms with Gasteiger partial charge in [-0.25, -0.2) is 0 Å². The molecule has 2 aromatic carbocycles. The van der Waals surface area contributed by atoms with Crippen molar-refractivity contribution in [2.45, 2.75) is 6.61 Å². The van der Waals surface area contributed by atoms with E-state index in [0.717, 1.165) is 21.3 Å². The molecule has 0 bridgehead atoms. The third kappa shape index (κ3) is 4.83. The number of hydrogen-bond donors (Lipinski definition) is 0. The van der Waals surface area contributed by atoms with Crippen molar-refractivity contribution >= 4 is 38.8 Å². The van der Waals surface area contributed by atoms with Gasteiger partial charge in [0, 0.05) is 4.47 Å². The van der Waals surface area contributed by atoms with Crippen LogP contribution in [0.5, 0.6) is 5.75 Å². The second kappa shape index (κ2) is 7.27. The molecule has 0 aromatic heterocycles. The number of carbonyl (C=O) groups excluding carboxylic acids is 1. The summed E-state index contributed by atoms with van der Waals surface area (Å²) in [6.45, 7) is 0.509. The zero-order valence-electron chi connectivity index (χ0n) is 10.6. The molecule has 2 nitrogen and oxygen atoms in total. The van der Waals surface area contributed by atoms with Gasteiger partial charge in [-0.1, -0.05) is 46.3 Å². The number of benzene rings is 2. The minimum absolute atomic E-state index is 0.486. The predicted molar refractivity (Wildman–Crippen MR) is 84.8 cm³/mol. The van der Waals surface area contributed by atoms with E-state index in [2.05, 4.69) is 15.9 Å². The first-order valence-electron chi connectivity index (χ1n) is 5.98. The van der Waals surface area contributed by atoms with Crippen molar-refractivity contribution in [3.05, 3.63) is 70.2 Å². The Bertz CT molecular complexity index is 621. The van der Waals surface area contributed by atoms with Crippen LogP contribution in [0.1, 0.15) is 11.1 Å². The zero-order valence-corrected chi connectivity index (χ0v) is 12.9. The summed E-state index contributed by atoms with van der Waals surface area (Å²) in [5, 5.41) is -0.486. The number of halogens is 2. The molecule has 0 aliphatic rings. The van der Waals surface area contributed by atoms with Gasteiger partial charge >= 0.3 is 0 Å². The number of hydrogen-bond acceptors (Lipinski definition) is 2. The molecular formula is C16H12BrClO2. The maximum atomic E-state index is 10.6. The van der Waals surface area contributed by atoms with E-state index in [9.17, 15) is 4.79 Å². The molecule has 0 atom stereocenters. The second-order valence-corrected chi connectivity index (χ2v) is 5.41. The molecule has 0 amide bonds. The number of rotatable bonds is 5. The Kier molecular flexibility index (Phi) is 5.39. The van der Waals surface area contributed by atoms with Gasteiger partial charge < -0.3 is 4.74 Å². The number of carbonyl (C=O) groups is 1. The Morgan fingerprint density at radius 2 is 1.95 bits per heavy atom. The molecule has 0 aliphatic carbocycles. The fraction of sp³-hybridized carbons (Fsp3) is 0.0625. The van der Waals surface area contributed by atoms with Crippen LogP contribution in [0.25, 0.3) is 6.08 Å². The first-order chi connectivity index (χ1) is 9.63. The third-order valence-electron chi connectivity index (χ3n) is 2.58. The molecule has 2 rings (SSSR count). The minimum atomic E-state index is -0.486. The standard InChI is InChI=1S/C16H12BrClO2/c17-14-3-1-2-13(10-14)11-20-15-7-4-12(5-8-15)6-9-16(18)19/h1-10H,11H2/b9-6+. The van der Waals surface area contributed by atoms with Gasteiger partial charge in [0.25, 0.3) is 0 Å². The first-order valence-corrected chi connectivity index (χ1v) is 7.15. The van der Waals surface area contributed by atoms with Crippen LogP contribution in [-0.4, -0.2) is 5.24 Å². The van der Waals surface area contributed by atoms with Gasteiger partial charge in [0.2, 0.25) is 5.24 Å². The topological polar surface area (TPSA) is 26.3 Å². The number of allylic oxidation sites excluding steroid dienone is 1. The lowest BCUT2D eigenvalue weighted by Crippen LogP contribution is -1.95. The molecule has 0 unspecified atom stereocenters. The highest BCUT2D eigenvalue weighted by Crippen LogP contribution is 2.17. The molecule has 0 N–H and O–H groups in total. The maximum absolute atomic E-state index is 10.6. The molecule has 2 aromatic rings. The van der Waals surface area contributed by atoms with Gasteiger partial charge in [-0.2, -0.15) is 0 Å². The molecule has 0 spiro atoms. The normalized spacial score (nSPS) is 10.7. The van der Waals surface area contributed by atoms with Crippen molar-refractivity contribution in [1.82, 2.24) is 0 Å². The molecule has 102 valence electrons. The van der Waals surface area contributed by atoms with Gasteiger partial charge in [-0.05, 0) is 53.1 Å². The van der Waals surface area contributed by atoms with Crippen LogP contribution in [0.2, 0.25) is 0 Å². The van der Waals surface area contributed by atoms with E-state index >= 15 is 0 Å². The van der Waals surface area contributed by atoms with Gasteiger partial charge in [0.15, 0.2) is 0 Å². The summed E-state index contributed by atoms with van der Waals surface area (Å²) >= 11 is 8.66. The summed E-state index contributed by atoms with van der Waals surface area (Å²) in [5.41, 5.74) is 1.99. The van der Waals surface area contributed by atoms with Gasteiger partial charge in [0.1, 0.15) is 12.4 Å². The third-order valence-corrected chi connectivity index (χ3v) is 3.20. The molecule has 0 radical (unpaired) electrons. The summed E-state index contributed by atoms with van der Waals surface area (Å²) in [5.74, 6) is 0.777. The highest BCUT2D eigenvalue weighted by atomic mass is 79.9. The molecular weight excluding hydrogens is 340 g/mol. The summed E-state index contributed by atoms with van der Waals surface area (Å²) < 4.78 is 6.72. The van der Waals surface area contributed by atoms with E-state index < -0.39 is 5.24 Å². The Morgan fingerprint density at radius 1 is 1.20 bits per heavy atom. The average molecular weight is 352 g/mol. The quantitative estimate of drug-likeness (QED) is 0.571. The van der Waals surface area contributed by atoms with E-state index in [1.165, 1.54) is 6.08 Å². The maximum Gasteiger partial charge on any atom is 0.245 e. The smallest absolute Gasteiger partial charge is 0.245 e. The summed E-state index contributed by atoms with van der Waals surface area (Å²) in [4.78, 5) is 10.6. The van der Waals surface area contributed by atoms with Crippen molar-refractivity contribution in [2.24, 2.45) is 0 Å². The molecule has 0 fully saturated rings. The van der Waals surface area contributed by atoms with Gasteiger partial charge in [-0.15, -0.1) is 0 Å². The van der Waals surface area contributed by atoms with Crippen LogP contribution in [0.4, 0.5) is 0 Å². The minimum Gasteiger partial charge on any atom is -0.489 e. The van der Waals surface area contributed by atoms with E-state index in [4.69, 9.17) is 16.3 Å². The van der Waals surface area contributed by atoms with Crippen molar-refractivity contribution in [2.75, 3.05) is 0 Å². The lowest BCUT2D eigenvalue weighted by atomic mass is 10.2. The Morgan fingerprint density at radius 3 is 2.60 bits per heavy atom. The highest BCUT2D eigenvalue weighted by molar-refractivity contribution is 9.10. The van der Waals surface area contributed by atoms with Crippen LogP contribution < -0.4 is 4.74 Å². The Balaban J connectivity index is 1.95. The largest absolute Gasteiger partial charge is 0.489 e. The van der Waals surface area contributed by atoms with Crippen molar-refractivity contribution in [3.63, 3.8) is 0 Å². The van der Waals surface area contributed by atoms with E-state index in [0.29, 0.717) is 6.61 Å². The fourth-order valence-electron chi connectivity index (χ4n) is 1.63. The van der Waals surface area contributed by atoms with Crippen LogP contribution in [0.15, 0.2) is 59.1 Å². The SMILES string of the molecule is O=C(Cl)/C=C/c1ccc(OCc2cccc(Br)c2)cc1. The molecule has 0 aliphatic heterocycles. The Labute approximate surface area is 131 Å². The zero-order chi connectivity index (χ0) is 14.4. The van der Waals surface area contributed by atoms with Crippen molar-refractivity contribution in [1.29, 1.82) is 0 Å². The van der Waals surface area contributed by atoms with E-state index in [-0.39, 0.29) is 0 Å². The molecule has 0 heterocycles. The molecule has 20 heavy (non-hydrogen) atoms. The van der Waals surface area contributed by atoms with Crippen LogP contribution in [-0.2, 0) is 11.4 Å². The lowest BCUT2D eigenvalue weighted by molar-refractivity contribution is -0.107. The Hall–Kier alpha value is -1.58. The molecule has 0 saturated heterocycles. The van der Waals surface area contributed by atoms with E-state index in [1.54, 1.807) is 6.08 Å². The van der Waals surface area contributed by atoms with Crippen molar-refractivity contribution < 1.29 is 9.53 Å². The molecule has 0 saturated carbocycles. The average Bonchev–Trinajstić information content (AvgIpc) is 2.44.